The summed E-state index contributed by atoms with van der Waals surface area (Å²) in [6, 6.07) is 0. The number of carbonyl (C=O) groups excluding carboxylic acids is 1. The first-order valence-electron chi connectivity index (χ1n) is 4.30. The number of hydrogen-bond acceptors (Lipinski definition) is 2. The van der Waals surface area contributed by atoms with Gasteiger partial charge in [-0.1, -0.05) is 0 Å². The molecule has 4 heteroatoms. The Morgan fingerprint density at radius 1 is 1.50 bits per heavy atom. The number of ether oxygens (including phenoxy) is 1. The van der Waals surface area contributed by atoms with Crippen LogP contribution >= 0.6 is 11.6 Å². The van der Waals surface area contributed by atoms with Gasteiger partial charge in [0.2, 0.25) is 0 Å². The molecule has 1 heterocycles. The Kier molecular flexibility index (Phi) is 2.00. The van der Waals surface area contributed by atoms with Crippen LogP contribution in [-0.4, -0.2) is 35.6 Å². The first-order valence-corrected chi connectivity index (χ1v) is 4.68. The van der Waals surface area contributed by atoms with E-state index in [0.29, 0.717) is 19.7 Å². The van der Waals surface area contributed by atoms with Gasteiger partial charge in [0.15, 0.2) is 0 Å². The van der Waals surface area contributed by atoms with Gasteiger partial charge in [0.05, 0.1) is 18.8 Å². The highest BCUT2D eigenvalue weighted by atomic mass is 35.5. The van der Waals surface area contributed by atoms with E-state index in [2.05, 4.69) is 0 Å². The first kappa shape index (κ1) is 8.32. The van der Waals surface area contributed by atoms with Crippen molar-refractivity contribution in [3.05, 3.63) is 0 Å². The molecule has 2 aliphatic rings. The smallest absolute Gasteiger partial charge is 0.316 e. The molecule has 0 aromatic carbocycles. The lowest BCUT2D eigenvalue weighted by Crippen LogP contribution is -2.56. The molecule has 0 bridgehead atoms. The zero-order valence-corrected chi connectivity index (χ0v) is 7.64. The number of halogens is 1. The Morgan fingerprint density at radius 2 is 2.25 bits per heavy atom. The summed E-state index contributed by atoms with van der Waals surface area (Å²) in [6.07, 6.45) is 3.37. The molecule has 2 fully saturated rings. The first-order chi connectivity index (χ1) is 5.72. The second-order valence-electron chi connectivity index (χ2n) is 3.56. The van der Waals surface area contributed by atoms with Gasteiger partial charge in [0.25, 0.3) is 0 Å². The molecule has 0 atom stereocenters. The molecule has 2 rings (SSSR count). The topological polar surface area (TPSA) is 29.5 Å². The number of morpholine rings is 1. The lowest BCUT2D eigenvalue weighted by atomic mass is 9.79. The largest absolute Gasteiger partial charge is 0.371 e. The molecule has 3 nitrogen and oxygen atoms in total. The summed E-state index contributed by atoms with van der Waals surface area (Å²) in [5, 5.41) is -0.343. The van der Waals surface area contributed by atoms with Crippen LogP contribution in [0.4, 0.5) is 4.79 Å². The van der Waals surface area contributed by atoms with E-state index in [1.165, 1.54) is 6.42 Å². The van der Waals surface area contributed by atoms with Gasteiger partial charge in [-0.2, -0.15) is 0 Å². The number of amides is 1. The second-order valence-corrected chi connectivity index (χ2v) is 3.88. The Morgan fingerprint density at radius 3 is 2.75 bits per heavy atom. The molecule has 0 N–H and O–H groups in total. The predicted octanol–water partition coefficient (Wildman–Crippen LogP) is 1.60. The van der Waals surface area contributed by atoms with Crippen LogP contribution in [0.3, 0.4) is 0 Å². The fourth-order valence-corrected chi connectivity index (χ4v) is 2.01. The Hall–Kier alpha value is -0.280. The van der Waals surface area contributed by atoms with Crippen molar-refractivity contribution in [2.45, 2.75) is 24.9 Å². The van der Waals surface area contributed by atoms with Crippen molar-refractivity contribution in [1.82, 2.24) is 4.90 Å². The van der Waals surface area contributed by atoms with Gasteiger partial charge in [-0.05, 0) is 30.9 Å². The molecule has 68 valence electrons. The van der Waals surface area contributed by atoms with E-state index < -0.39 is 0 Å². The highest BCUT2D eigenvalue weighted by molar-refractivity contribution is 6.62. The van der Waals surface area contributed by atoms with Gasteiger partial charge in [-0.3, -0.25) is 4.79 Å². The van der Waals surface area contributed by atoms with Crippen molar-refractivity contribution in [3.63, 3.8) is 0 Å². The van der Waals surface area contributed by atoms with Crippen LogP contribution in [0.2, 0.25) is 0 Å². The van der Waals surface area contributed by atoms with Gasteiger partial charge >= 0.3 is 5.37 Å². The second kappa shape index (κ2) is 2.89. The maximum Gasteiger partial charge on any atom is 0.316 e. The molecule has 1 spiro atoms. The molecule has 1 saturated carbocycles. The van der Waals surface area contributed by atoms with Crippen molar-refractivity contribution >= 4 is 17.0 Å². The molecule has 0 aromatic rings. The Labute approximate surface area is 76.6 Å². The molecule has 1 aliphatic carbocycles. The lowest BCUT2D eigenvalue weighted by Gasteiger charge is -2.47. The summed E-state index contributed by atoms with van der Waals surface area (Å²) in [7, 11) is 0. The van der Waals surface area contributed by atoms with Gasteiger partial charge in [-0.15, -0.1) is 0 Å². The highest BCUT2D eigenvalue weighted by Crippen LogP contribution is 2.38. The summed E-state index contributed by atoms with van der Waals surface area (Å²) in [6.45, 7) is 1.97. The molecule has 0 radical (unpaired) electrons. The Bertz CT molecular complexity index is 203. The minimum atomic E-state index is -0.343. The van der Waals surface area contributed by atoms with E-state index in [0.717, 1.165) is 12.8 Å². The molecule has 12 heavy (non-hydrogen) atoms. The average Bonchev–Trinajstić information content (AvgIpc) is 2.02. The summed E-state index contributed by atoms with van der Waals surface area (Å²) in [5.74, 6) is 0. The van der Waals surface area contributed by atoms with Crippen molar-refractivity contribution < 1.29 is 9.53 Å². The van der Waals surface area contributed by atoms with E-state index in [4.69, 9.17) is 16.3 Å². The summed E-state index contributed by atoms with van der Waals surface area (Å²) in [5.41, 5.74) is -0.0250. The maximum atomic E-state index is 10.9. The number of carbonyl (C=O) groups is 1. The monoisotopic (exact) mass is 189 g/mol. The van der Waals surface area contributed by atoms with Crippen molar-refractivity contribution in [1.29, 1.82) is 0 Å². The minimum absolute atomic E-state index is 0.0250. The van der Waals surface area contributed by atoms with E-state index in [1.54, 1.807) is 4.90 Å². The van der Waals surface area contributed by atoms with E-state index >= 15 is 0 Å². The fourth-order valence-electron chi connectivity index (χ4n) is 1.87. The quantitative estimate of drug-likeness (QED) is 0.428. The molecular formula is C8H12ClNO2. The standard InChI is InChI=1S/C8H12ClNO2/c9-7(11)10-4-5-12-8(6-10)2-1-3-8/h1-6H2. The van der Waals surface area contributed by atoms with Crippen LogP contribution in [0.5, 0.6) is 0 Å². The maximum absolute atomic E-state index is 10.9. The normalized spacial score (nSPS) is 26.9. The zero-order valence-electron chi connectivity index (χ0n) is 6.88. The van der Waals surface area contributed by atoms with Gasteiger partial charge in [0.1, 0.15) is 0 Å². The lowest BCUT2D eigenvalue weighted by molar-refractivity contribution is -0.139. The molecule has 1 saturated heterocycles. The third-order valence-electron chi connectivity index (χ3n) is 2.76. The molecule has 0 unspecified atom stereocenters. The Balaban J connectivity index is 1.98. The SMILES string of the molecule is O=C(Cl)N1CCOC2(CCC2)C1. The number of hydrogen-bond donors (Lipinski definition) is 0. The third kappa shape index (κ3) is 1.31. The molecule has 1 aliphatic heterocycles. The fraction of sp³-hybridized carbons (Fsp3) is 0.875. The van der Waals surface area contributed by atoms with Crippen molar-refractivity contribution in [3.8, 4) is 0 Å². The highest BCUT2D eigenvalue weighted by Gasteiger charge is 2.42. The summed E-state index contributed by atoms with van der Waals surface area (Å²) < 4.78 is 5.63. The minimum Gasteiger partial charge on any atom is -0.371 e. The van der Waals surface area contributed by atoms with Gasteiger partial charge in [-0.25, -0.2) is 0 Å². The summed E-state index contributed by atoms with van der Waals surface area (Å²) in [4.78, 5) is 12.5. The van der Waals surface area contributed by atoms with E-state index in [1.807, 2.05) is 0 Å². The van der Waals surface area contributed by atoms with Crippen LogP contribution in [0.15, 0.2) is 0 Å². The van der Waals surface area contributed by atoms with Gasteiger partial charge in [0, 0.05) is 6.54 Å². The van der Waals surface area contributed by atoms with Crippen LogP contribution in [-0.2, 0) is 4.74 Å². The number of rotatable bonds is 0. The van der Waals surface area contributed by atoms with E-state index in [9.17, 15) is 4.79 Å². The zero-order chi connectivity index (χ0) is 8.60. The third-order valence-corrected chi connectivity index (χ3v) is 3.00. The predicted molar refractivity (Wildman–Crippen MR) is 45.4 cm³/mol. The van der Waals surface area contributed by atoms with Crippen LogP contribution in [0.25, 0.3) is 0 Å². The van der Waals surface area contributed by atoms with Crippen molar-refractivity contribution in [2.75, 3.05) is 19.7 Å². The molecular weight excluding hydrogens is 178 g/mol. The van der Waals surface area contributed by atoms with Crippen LogP contribution < -0.4 is 0 Å². The van der Waals surface area contributed by atoms with Crippen LogP contribution in [0, 0.1) is 0 Å². The van der Waals surface area contributed by atoms with E-state index in [-0.39, 0.29) is 11.0 Å². The average molecular weight is 190 g/mol. The van der Waals surface area contributed by atoms with Crippen LogP contribution in [0.1, 0.15) is 19.3 Å². The molecule has 0 aromatic heterocycles. The van der Waals surface area contributed by atoms with Crippen molar-refractivity contribution in [2.24, 2.45) is 0 Å². The molecule has 1 amide bonds. The summed E-state index contributed by atoms with van der Waals surface area (Å²) >= 11 is 5.40. The van der Waals surface area contributed by atoms with Gasteiger partial charge < -0.3 is 9.64 Å². The number of nitrogens with zero attached hydrogens (tertiary/aromatic N) is 1.